The summed E-state index contributed by atoms with van der Waals surface area (Å²) in [6.45, 7) is 3.76. The molecule has 2 amide bonds. The molecule has 3 aromatic heterocycles. The third-order valence-electron chi connectivity index (χ3n) is 10.3. The first kappa shape index (κ1) is 30.2. The molecule has 3 N–H and O–H groups in total. The van der Waals surface area contributed by atoms with Gasteiger partial charge in [0.25, 0.3) is 5.91 Å². The fourth-order valence-electron chi connectivity index (χ4n) is 7.90. The zero-order chi connectivity index (χ0) is 32.8. The number of aromatic hydroxyl groups is 1. The van der Waals surface area contributed by atoms with Gasteiger partial charge in [-0.15, -0.1) is 0 Å². The number of carbonyl (C=O) groups excluding carboxylic acids is 2. The van der Waals surface area contributed by atoms with Crippen LogP contribution < -0.4 is 21.0 Å². The highest BCUT2D eigenvalue weighted by Gasteiger charge is 2.79. The maximum absolute atomic E-state index is 14.2. The summed E-state index contributed by atoms with van der Waals surface area (Å²) < 4.78 is 41.9. The van der Waals surface area contributed by atoms with Crippen LogP contribution in [0.2, 0.25) is 0 Å². The summed E-state index contributed by atoms with van der Waals surface area (Å²) in [5.74, 6) is -0.774. The second kappa shape index (κ2) is 10.3. The number of anilines is 2. The first-order valence-electron chi connectivity index (χ1n) is 15.4. The number of pyridine rings is 1. The average molecular weight is 642 g/mol. The molecule has 0 aromatic carbocycles. The minimum atomic E-state index is -4.29. The zero-order valence-electron chi connectivity index (χ0n) is 25.6. The Kier molecular flexibility index (Phi) is 6.73. The van der Waals surface area contributed by atoms with Crippen LogP contribution in [0.1, 0.15) is 60.9 Å². The van der Waals surface area contributed by atoms with Crippen LogP contribution in [-0.2, 0) is 17.8 Å². The monoisotopic (exact) mass is 641 g/mol. The Balaban J connectivity index is 1.22. The van der Waals surface area contributed by atoms with Gasteiger partial charge in [0.05, 0.1) is 23.3 Å². The number of aryl methyl sites for hydroxylation is 1. The van der Waals surface area contributed by atoms with Crippen molar-refractivity contribution in [2.75, 3.05) is 30.4 Å². The molecule has 0 unspecified atom stereocenters. The summed E-state index contributed by atoms with van der Waals surface area (Å²) in [6.07, 6.45) is -0.232. The van der Waals surface area contributed by atoms with E-state index >= 15 is 0 Å². The lowest BCUT2D eigenvalue weighted by Crippen LogP contribution is -2.78. The molecule has 244 valence electrons. The van der Waals surface area contributed by atoms with Crippen LogP contribution >= 0.6 is 0 Å². The minimum absolute atomic E-state index is 0.0594. The SMILES string of the molecule is CCc1c(N2CCN(C(=O)c3ncnc(C)c3O)[C@@H]3CC[C@H]32)c(=O)c2nc(NC)cnc2n1CC(=O)NC12CC(C(F)(F)F)(C1)C2. The number of fused-ring (bicyclic) bond motifs is 2. The van der Waals surface area contributed by atoms with E-state index < -0.39 is 28.9 Å². The van der Waals surface area contributed by atoms with Gasteiger partial charge in [-0.1, -0.05) is 6.92 Å². The van der Waals surface area contributed by atoms with E-state index in [9.17, 15) is 32.7 Å². The first-order valence-corrected chi connectivity index (χ1v) is 15.4. The number of nitrogens with zero attached hydrogens (tertiary/aromatic N) is 7. The third-order valence-corrected chi connectivity index (χ3v) is 10.3. The fourth-order valence-corrected chi connectivity index (χ4v) is 7.90. The molecular formula is C30H34F3N9O4. The Labute approximate surface area is 261 Å². The van der Waals surface area contributed by atoms with Crippen LogP contribution in [0.3, 0.4) is 0 Å². The summed E-state index contributed by atoms with van der Waals surface area (Å²) >= 11 is 0. The lowest BCUT2D eigenvalue weighted by molar-refractivity contribution is -0.337. The van der Waals surface area contributed by atoms with Crippen LogP contribution in [0.15, 0.2) is 17.3 Å². The van der Waals surface area contributed by atoms with Gasteiger partial charge in [-0.25, -0.2) is 19.9 Å². The Morgan fingerprint density at radius 3 is 2.46 bits per heavy atom. The van der Waals surface area contributed by atoms with E-state index in [1.807, 2.05) is 11.8 Å². The van der Waals surface area contributed by atoms with Crippen molar-refractivity contribution in [2.45, 2.75) is 82.7 Å². The number of piperazine rings is 1. The topological polar surface area (TPSA) is 158 Å². The molecule has 16 heteroatoms. The lowest BCUT2D eigenvalue weighted by Gasteiger charge is -2.70. The smallest absolute Gasteiger partial charge is 0.394 e. The molecule has 2 bridgehead atoms. The van der Waals surface area contributed by atoms with Crippen LogP contribution in [0.4, 0.5) is 24.7 Å². The lowest BCUT2D eigenvalue weighted by atomic mass is 9.39. The molecule has 5 aliphatic rings. The second-order valence-corrected chi connectivity index (χ2v) is 12.9. The van der Waals surface area contributed by atoms with E-state index in [4.69, 9.17) is 0 Å². The van der Waals surface area contributed by atoms with Crippen molar-refractivity contribution in [3.8, 4) is 5.75 Å². The summed E-state index contributed by atoms with van der Waals surface area (Å²) in [5.41, 5.74) is -1.50. The molecule has 1 saturated heterocycles. The molecule has 8 rings (SSSR count). The number of amides is 2. The van der Waals surface area contributed by atoms with E-state index in [0.717, 1.165) is 0 Å². The average Bonchev–Trinajstić information content (AvgIpc) is 2.95. The van der Waals surface area contributed by atoms with Gasteiger partial charge in [-0.3, -0.25) is 14.4 Å². The van der Waals surface area contributed by atoms with Crippen molar-refractivity contribution in [1.82, 2.24) is 34.7 Å². The fraction of sp³-hybridized carbons (Fsp3) is 0.567. The summed E-state index contributed by atoms with van der Waals surface area (Å²) in [5, 5.41) is 16.2. The molecule has 2 atom stereocenters. The number of nitrogens with one attached hydrogen (secondary N) is 2. The van der Waals surface area contributed by atoms with Gasteiger partial charge in [0, 0.05) is 37.4 Å². The van der Waals surface area contributed by atoms with Crippen molar-refractivity contribution >= 4 is 34.5 Å². The van der Waals surface area contributed by atoms with Crippen LogP contribution in [0.25, 0.3) is 11.2 Å². The molecule has 0 spiro atoms. The van der Waals surface area contributed by atoms with Crippen molar-refractivity contribution in [3.63, 3.8) is 0 Å². The van der Waals surface area contributed by atoms with Crippen LogP contribution in [0.5, 0.6) is 5.75 Å². The van der Waals surface area contributed by atoms with Crippen LogP contribution in [0, 0.1) is 12.3 Å². The van der Waals surface area contributed by atoms with E-state index in [0.29, 0.717) is 48.7 Å². The quantitative estimate of drug-likeness (QED) is 0.350. The van der Waals surface area contributed by atoms with Gasteiger partial charge in [-0.2, -0.15) is 13.2 Å². The molecule has 4 saturated carbocycles. The molecule has 46 heavy (non-hydrogen) atoms. The number of aromatic nitrogens is 5. The predicted molar refractivity (Wildman–Crippen MR) is 160 cm³/mol. The Morgan fingerprint density at radius 1 is 1.11 bits per heavy atom. The summed E-state index contributed by atoms with van der Waals surface area (Å²) in [7, 11) is 1.65. The number of alkyl halides is 3. The highest BCUT2D eigenvalue weighted by atomic mass is 19.4. The van der Waals surface area contributed by atoms with Gasteiger partial charge < -0.3 is 30.1 Å². The van der Waals surface area contributed by atoms with Gasteiger partial charge in [0.1, 0.15) is 24.4 Å². The Bertz CT molecular complexity index is 1820. The standard InChI is InChI=1S/C30H34F3N9O4/c1-4-16-23(40-7-8-41(18-6-5-17(18)40)27(46)22-24(44)15(2)36-14-37-22)25(45)21-26(35-9-19(34-3)38-21)42(16)10-20(43)39-29-11-28(12-29,13-29)30(31,32)33/h9,14,17-18,44H,4-8,10-13H2,1-3H3,(H,34,38)(H,39,43)/t17-,18-,28?,29?/m1/s1. The highest BCUT2D eigenvalue weighted by molar-refractivity contribution is 5.95. The highest BCUT2D eigenvalue weighted by Crippen LogP contribution is 2.73. The van der Waals surface area contributed by atoms with Crippen molar-refractivity contribution in [1.29, 1.82) is 0 Å². The summed E-state index contributed by atoms with van der Waals surface area (Å²) in [6, 6.07) is -0.451. The molecule has 3 aromatic rings. The second-order valence-electron chi connectivity index (χ2n) is 12.9. The van der Waals surface area contributed by atoms with E-state index in [1.54, 1.807) is 23.4 Å². The number of halogens is 3. The molecule has 5 fully saturated rings. The van der Waals surface area contributed by atoms with E-state index in [-0.39, 0.29) is 72.5 Å². The van der Waals surface area contributed by atoms with Gasteiger partial charge in [0.15, 0.2) is 22.6 Å². The molecular weight excluding hydrogens is 607 g/mol. The van der Waals surface area contributed by atoms with Gasteiger partial charge in [0.2, 0.25) is 11.3 Å². The maximum Gasteiger partial charge on any atom is 0.394 e. The molecule has 0 radical (unpaired) electrons. The molecule has 4 heterocycles. The summed E-state index contributed by atoms with van der Waals surface area (Å²) in [4.78, 5) is 61.7. The number of hydrogen-bond donors (Lipinski definition) is 3. The molecule has 13 nitrogen and oxygen atoms in total. The number of rotatable bonds is 7. The molecule has 4 aliphatic carbocycles. The number of carbonyl (C=O) groups is 2. The first-order chi connectivity index (χ1) is 21.8. The van der Waals surface area contributed by atoms with Crippen LogP contribution in [-0.4, -0.2) is 90.3 Å². The Hall–Kier alpha value is -4.50. The minimum Gasteiger partial charge on any atom is -0.504 e. The number of hydrogen-bond acceptors (Lipinski definition) is 10. The molecule has 1 aliphatic heterocycles. The normalized spacial score (nSPS) is 26.5. The van der Waals surface area contributed by atoms with Crippen molar-refractivity contribution < 1.29 is 27.9 Å². The van der Waals surface area contributed by atoms with Gasteiger partial charge in [-0.05, 0) is 45.4 Å². The predicted octanol–water partition coefficient (Wildman–Crippen LogP) is 2.29. The largest absolute Gasteiger partial charge is 0.504 e. The maximum atomic E-state index is 14.2. The van der Waals surface area contributed by atoms with Crippen molar-refractivity contribution in [2.24, 2.45) is 5.41 Å². The van der Waals surface area contributed by atoms with E-state index in [1.165, 1.54) is 12.5 Å². The Morgan fingerprint density at radius 2 is 1.83 bits per heavy atom. The van der Waals surface area contributed by atoms with Crippen molar-refractivity contribution in [3.05, 3.63) is 39.8 Å². The van der Waals surface area contributed by atoms with Gasteiger partial charge >= 0.3 is 6.18 Å². The zero-order valence-corrected chi connectivity index (χ0v) is 25.6. The third kappa shape index (κ3) is 4.31. The van der Waals surface area contributed by atoms with E-state index in [2.05, 4.69) is 30.6 Å².